The molecule has 1 aliphatic heterocycles. The van der Waals surface area contributed by atoms with Crippen molar-refractivity contribution in [2.75, 3.05) is 4.90 Å². The summed E-state index contributed by atoms with van der Waals surface area (Å²) in [5.74, 6) is -0.566. The number of imide groups is 1. The van der Waals surface area contributed by atoms with Crippen LogP contribution in [0.25, 0.3) is 0 Å². The van der Waals surface area contributed by atoms with E-state index in [1.165, 1.54) is 4.90 Å². The molecule has 0 unspecified atom stereocenters. The van der Waals surface area contributed by atoms with Gasteiger partial charge in [-0.1, -0.05) is 41.4 Å². The Bertz CT molecular complexity index is 724. The number of nitrogens with zero attached hydrogens (tertiary/aromatic N) is 1. The third-order valence-corrected chi connectivity index (χ3v) is 4.14. The molecular weight excluding hydrogens is 298 g/mol. The van der Waals surface area contributed by atoms with Crippen molar-refractivity contribution < 1.29 is 9.59 Å². The van der Waals surface area contributed by atoms with E-state index in [9.17, 15) is 9.59 Å². The lowest BCUT2D eigenvalue weighted by Gasteiger charge is -2.15. The number of rotatable bonds is 3. The average molecular weight is 314 g/mol. The maximum atomic E-state index is 12.6. The molecule has 3 nitrogen and oxygen atoms in total. The zero-order valence-corrected chi connectivity index (χ0v) is 13.0. The molecule has 0 radical (unpaired) electrons. The van der Waals surface area contributed by atoms with Gasteiger partial charge in [-0.05, 0) is 43.2 Å². The zero-order chi connectivity index (χ0) is 15.7. The van der Waals surface area contributed by atoms with Crippen molar-refractivity contribution in [1.82, 2.24) is 0 Å². The van der Waals surface area contributed by atoms with Crippen LogP contribution < -0.4 is 4.90 Å². The molecule has 112 valence electrons. The molecule has 0 aromatic heterocycles. The van der Waals surface area contributed by atoms with Crippen LogP contribution in [0.3, 0.4) is 0 Å². The van der Waals surface area contributed by atoms with E-state index in [2.05, 4.69) is 6.07 Å². The van der Waals surface area contributed by atoms with E-state index in [0.717, 1.165) is 11.1 Å². The minimum atomic E-state index is -0.287. The van der Waals surface area contributed by atoms with Gasteiger partial charge in [0.15, 0.2) is 0 Å². The van der Waals surface area contributed by atoms with E-state index in [0.29, 0.717) is 17.1 Å². The van der Waals surface area contributed by atoms with Gasteiger partial charge in [0.25, 0.3) is 0 Å². The Balaban J connectivity index is 1.81. The molecule has 1 heterocycles. The molecule has 0 N–H and O–H groups in total. The van der Waals surface area contributed by atoms with Gasteiger partial charge in [0.05, 0.1) is 11.6 Å². The van der Waals surface area contributed by atoms with Crippen molar-refractivity contribution in [3.05, 3.63) is 64.7 Å². The van der Waals surface area contributed by atoms with Gasteiger partial charge in [-0.25, -0.2) is 0 Å². The maximum Gasteiger partial charge on any atom is 0.237 e. The number of amides is 2. The van der Waals surface area contributed by atoms with Crippen LogP contribution in [0.15, 0.2) is 48.5 Å². The molecule has 4 heteroatoms. The number of aryl methyl sites for hydroxylation is 1. The van der Waals surface area contributed by atoms with Crippen molar-refractivity contribution in [3.63, 3.8) is 0 Å². The standard InChI is InChI=1S/C18H16ClNO2/c1-12-3-2-4-13(9-12)10-14-11-17(21)20(18(14)22)16-7-5-15(19)6-8-16/h2-9,14H,10-11H2,1H3/t14-/m1/s1. The fourth-order valence-electron chi connectivity index (χ4n) is 2.84. The van der Waals surface area contributed by atoms with Crippen LogP contribution in [0.2, 0.25) is 5.02 Å². The number of hydrogen-bond acceptors (Lipinski definition) is 2. The molecule has 1 atom stereocenters. The largest absolute Gasteiger partial charge is 0.274 e. The lowest BCUT2D eigenvalue weighted by molar-refractivity contribution is -0.122. The highest BCUT2D eigenvalue weighted by Crippen LogP contribution is 2.29. The fourth-order valence-corrected chi connectivity index (χ4v) is 2.97. The minimum absolute atomic E-state index is 0.131. The first-order chi connectivity index (χ1) is 10.5. The Hall–Kier alpha value is -2.13. The van der Waals surface area contributed by atoms with Crippen molar-refractivity contribution >= 4 is 29.1 Å². The van der Waals surface area contributed by atoms with Gasteiger partial charge in [0, 0.05) is 11.4 Å². The smallest absolute Gasteiger partial charge is 0.237 e. The maximum absolute atomic E-state index is 12.6. The first-order valence-electron chi connectivity index (χ1n) is 7.22. The van der Waals surface area contributed by atoms with Gasteiger partial charge < -0.3 is 0 Å². The van der Waals surface area contributed by atoms with Crippen LogP contribution in [-0.4, -0.2) is 11.8 Å². The molecule has 2 amide bonds. The third-order valence-electron chi connectivity index (χ3n) is 3.89. The first-order valence-corrected chi connectivity index (χ1v) is 7.60. The Kier molecular flexibility index (Phi) is 3.99. The monoisotopic (exact) mass is 313 g/mol. The molecular formula is C18H16ClNO2. The zero-order valence-electron chi connectivity index (χ0n) is 12.3. The van der Waals surface area contributed by atoms with Crippen LogP contribution in [0, 0.1) is 12.8 Å². The van der Waals surface area contributed by atoms with E-state index < -0.39 is 0 Å². The summed E-state index contributed by atoms with van der Waals surface area (Å²) in [6, 6.07) is 14.8. The summed E-state index contributed by atoms with van der Waals surface area (Å²) >= 11 is 5.85. The van der Waals surface area contributed by atoms with Gasteiger partial charge in [0.2, 0.25) is 11.8 Å². The van der Waals surface area contributed by atoms with Crippen LogP contribution in [0.4, 0.5) is 5.69 Å². The summed E-state index contributed by atoms with van der Waals surface area (Å²) in [6.45, 7) is 2.02. The van der Waals surface area contributed by atoms with Gasteiger partial charge >= 0.3 is 0 Å². The summed E-state index contributed by atoms with van der Waals surface area (Å²) in [4.78, 5) is 26.0. The highest BCUT2D eigenvalue weighted by Gasteiger charge is 2.39. The summed E-state index contributed by atoms with van der Waals surface area (Å²) in [6.07, 6.45) is 0.853. The lowest BCUT2D eigenvalue weighted by atomic mass is 9.97. The molecule has 1 fully saturated rings. The van der Waals surface area contributed by atoms with Crippen LogP contribution >= 0.6 is 11.6 Å². The Morgan fingerprint density at radius 3 is 2.55 bits per heavy atom. The second-order valence-electron chi connectivity index (χ2n) is 5.64. The van der Waals surface area contributed by atoms with Crippen molar-refractivity contribution in [1.29, 1.82) is 0 Å². The van der Waals surface area contributed by atoms with Crippen LogP contribution in [0.1, 0.15) is 17.5 Å². The SMILES string of the molecule is Cc1cccc(C[C@@H]2CC(=O)N(c3ccc(Cl)cc3)C2=O)c1. The van der Waals surface area contributed by atoms with Crippen molar-refractivity contribution in [2.45, 2.75) is 19.8 Å². The lowest BCUT2D eigenvalue weighted by Crippen LogP contribution is -2.30. The molecule has 0 aliphatic carbocycles. The van der Waals surface area contributed by atoms with Gasteiger partial charge in [-0.2, -0.15) is 0 Å². The Labute approximate surface area is 134 Å². The van der Waals surface area contributed by atoms with Crippen molar-refractivity contribution in [2.24, 2.45) is 5.92 Å². The van der Waals surface area contributed by atoms with E-state index in [1.807, 2.05) is 25.1 Å². The number of carbonyl (C=O) groups is 2. The summed E-state index contributed by atoms with van der Waals surface area (Å²) in [5.41, 5.74) is 2.83. The molecule has 0 saturated carbocycles. The number of benzene rings is 2. The fraction of sp³-hybridized carbons (Fsp3) is 0.222. The predicted octanol–water partition coefficient (Wildman–Crippen LogP) is 3.77. The summed E-state index contributed by atoms with van der Waals surface area (Å²) in [7, 11) is 0. The van der Waals surface area contributed by atoms with Gasteiger partial charge in [0.1, 0.15) is 0 Å². The van der Waals surface area contributed by atoms with Crippen molar-refractivity contribution in [3.8, 4) is 0 Å². The molecule has 1 aliphatic rings. The molecule has 0 spiro atoms. The molecule has 2 aromatic carbocycles. The number of carbonyl (C=O) groups excluding carboxylic acids is 2. The normalized spacial score (nSPS) is 18.1. The summed E-state index contributed by atoms with van der Waals surface area (Å²) < 4.78 is 0. The second kappa shape index (κ2) is 5.93. The molecule has 22 heavy (non-hydrogen) atoms. The van der Waals surface area contributed by atoms with E-state index in [1.54, 1.807) is 24.3 Å². The van der Waals surface area contributed by atoms with E-state index in [-0.39, 0.29) is 24.2 Å². The quantitative estimate of drug-likeness (QED) is 0.809. The first kappa shape index (κ1) is 14.8. The third kappa shape index (κ3) is 2.90. The van der Waals surface area contributed by atoms with E-state index in [4.69, 9.17) is 11.6 Å². The van der Waals surface area contributed by atoms with Gasteiger partial charge in [-0.15, -0.1) is 0 Å². The van der Waals surface area contributed by atoms with Crippen LogP contribution in [0.5, 0.6) is 0 Å². The topological polar surface area (TPSA) is 37.4 Å². The molecule has 2 aromatic rings. The molecule has 1 saturated heterocycles. The predicted molar refractivity (Wildman–Crippen MR) is 86.9 cm³/mol. The number of halogens is 1. The van der Waals surface area contributed by atoms with E-state index >= 15 is 0 Å². The Morgan fingerprint density at radius 1 is 1.14 bits per heavy atom. The average Bonchev–Trinajstić information content (AvgIpc) is 2.75. The highest BCUT2D eigenvalue weighted by molar-refractivity contribution is 6.30. The number of anilines is 1. The molecule has 0 bridgehead atoms. The minimum Gasteiger partial charge on any atom is -0.274 e. The van der Waals surface area contributed by atoms with Gasteiger partial charge in [-0.3, -0.25) is 14.5 Å². The second-order valence-corrected chi connectivity index (χ2v) is 6.07. The number of hydrogen-bond donors (Lipinski definition) is 0. The molecule has 3 rings (SSSR count). The highest BCUT2D eigenvalue weighted by atomic mass is 35.5. The Morgan fingerprint density at radius 2 is 1.86 bits per heavy atom. The summed E-state index contributed by atoms with van der Waals surface area (Å²) in [5, 5.41) is 0.583. The van der Waals surface area contributed by atoms with Crippen LogP contribution in [-0.2, 0) is 16.0 Å².